The summed E-state index contributed by atoms with van der Waals surface area (Å²) in [6, 6.07) is 4.28. The van der Waals surface area contributed by atoms with E-state index in [0.717, 1.165) is 37.3 Å². The van der Waals surface area contributed by atoms with Crippen molar-refractivity contribution in [3.63, 3.8) is 0 Å². The molecule has 29 heavy (non-hydrogen) atoms. The molecule has 1 aromatic carbocycles. The molecule has 1 amide bonds. The number of benzene rings is 1. The van der Waals surface area contributed by atoms with Crippen LogP contribution in [0, 0.1) is 5.82 Å². The molecule has 154 valence electrons. The molecule has 2 fully saturated rings. The molecule has 0 radical (unpaired) electrons. The summed E-state index contributed by atoms with van der Waals surface area (Å²) in [6.45, 7) is 1.41. The Bertz CT molecular complexity index is 865. The van der Waals surface area contributed by atoms with Crippen LogP contribution >= 0.6 is 11.8 Å². The van der Waals surface area contributed by atoms with E-state index in [-0.39, 0.29) is 28.6 Å². The van der Waals surface area contributed by atoms with Crippen molar-refractivity contribution in [1.82, 2.24) is 5.32 Å². The molecule has 2 aliphatic rings. The van der Waals surface area contributed by atoms with Crippen LogP contribution in [0.1, 0.15) is 24.0 Å². The molecule has 10 heteroatoms. The Morgan fingerprint density at radius 1 is 1.48 bits per heavy atom. The third-order valence-electron chi connectivity index (χ3n) is 4.14. The molecule has 8 nitrogen and oxygen atoms in total. The van der Waals surface area contributed by atoms with Gasteiger partial charge in [0.15, 0.2) is 5.17 Å². The van der Waals surface area contributed by atoms with Gasteiger partial charge in [-0.2, -0.15) is 5.10 Å². The molecule has 1 N–H and O–H groups in total. The fraction of sp³-hybridized carbons (Fsp3) is 0.368. The lowest BCUT2D eigenvalue weighted by molar-refractivity contribution is -0.135. The van der Waals surface area contributed by atoms with E-state index in [1.165, 1.54) is 25.5 Å². The summed E-state index contributed by atoms with van der Waals surface area (Å²) < 4.78 is 29.3. The Kier molecular flexibility index (Phi) is 7.50. The molecule has 2 heterocycles. The van der Waals surface area contributed by atoms with Crippen LogP contribution in [0.15, 0.2) is 39.4 Å². The van der Waals surface area contributed by atoms with Crippen molar-refractivity contribution in [2.45, 2.75) is 25.6 Å². The van der Waals surface area contributed by atoms with E-state index in [9.17, 15) is 14.0 Å². The number of nitrogens with one attached hydrogen (secondary N) is 1. The van der Waals surface area contributed by atoms with Gasteiger partial charge in [-0.1, -0.05) is 6.07 Å². The lowest BCUT2D eigenvalue weighted by Gasteiger charge is -2.11. The van der Waals surface area contributed by atoms with Crippen LogP contribution in [0.2, 0.25) is 0 Å². The van der Waals surface area contributed by atoms with Crippen LogP contribution in [0.25, 0.3) is 0 Å². The molecule has 2 aliphatic heterocycles. The summed E-state index contributed by atoms with van der Waals surface area (Å²) in [6.07, 6.45) is 4.60. The summed E-state index contributed by atoms with van der Waals surface area (Å²) in [4.78, 5) is 23.2. The molecule has 0 aliphatic carbocycles. The standard InChI is InChI=1S/C19H20FN3O5S/c1-26-17(24)8-16-18(25)22-19(29-16)23-21-9-12-4-5-14(20)7-13(12)10-27-11-15-3-2-6-28-15/h4-5,7-9,15H,2-3,6,10-11H2,1H3,(H,22,23,25)/b16-8+,21-9?. The number of methoxy groups -OCH3 is 1. The molecule has 2 saturated heterocycles. The quantitative estimate of drug-likeness (QED) is 0.313. The van der Waals surface area contributed by atoms with Crippen molar-refractivity contribution in [2.24, 2.45) is 10.2 Å². The summed E-state index contributed by atoms with van der Waals surface area (Å²) in [5.74, 6) is -1.47. The zero-order chi connectivity index (χ0) is 20.6. The number of halogens is 1. The van der Waals surface area contributed by atoms with Crippen LogP contribution in [-0.4, -0.2) is 49.7 Å². The first-order valence-electron chi connectivity index (χ1n) is 8.93. The first-order chi connectivity index (χ1) is 14.0. The van der Waals surface area contributed by atoms with Crippen molar-refractivity contribution in [1.29, 1.82) is 0 Å². The number of hydrogen-bond donors (Lipinski definition) is 1. The van der Waals surface area contributed by atoms with Crippen LogP contribution < -0.4 is 5.32 Å². The number of nitrogens with zero attached hydrogens (tertiary/aromatic N) is 2. The molecule has 1 atom stereocenters. The second-order valence-corrected chi connectivity index (χ2v) is 7.26. The summed E-state index contributed by atoms with van der Waals surface area (Å²) in [7, 11) is 1.22. The van der Waals surface area contributed by atoms with E-state index in [2.05, 4.69) is 20.3 Å². The zero-order valence-corrected chi connectivity index (χ0v) is 16.5. The number of hydrogen-bond acceptors (Lipinski definition) is 8. The van der Waals surface area contributed by atoms with Crippen molar-refractivity contribution < 1.29 is 28.2 Å². The fourth-order valence-corrected chi connectivity index (χ4v) is 3.42. The summed E-state index contributed by atoms with van der Waals surface area (Å²) >= 11 is 0.970. The highest BCUT2D eigenvalue weighted by molar-refractivity contribution is 8.18. The topological polar surface area (TPSA) is 98.6 Å². The molecular weight excluding hydrogens is 401 g/mol. The van der Waals surface area contributed by atoms with Crippen LogP contribution in [0.3, 0.4) is 0 Å². The second kappa shape index (κ2) is 10.3. The van der Waals surface area contributed by atoms with Gasteiger partial charge in [-0.25, -0.2) is 9.18 Å². The third kappa shape index (κ3) is 6.21. The summed E-state index contributed by atoms with van der Waals surface area (Å²) in [5.41, 5.74) is 1.27. The number of ether oxygens (including phenoxy) is 3. The zero-order valence-electron chi connectivity index (χ0n) is 15.7. The Labute approximate surface area is 171 Å². The van der Waals surface area contributed by atoms with Gasteiger partial charge in [-0.3, -0.25) is 10.1 Å². The van der Waals surface area contributed by atoms with Gasteiger partial charge in [0.05, 0.1) is 37.5 Å². The number of rotatable bonds is 7. The molecule has 0 bridgehead atoms. The second-order valence-electron chi connectivity index (χ2n) is 6.23. The van der Waals surface area contributed by atoms with Gasteiger partial charge in [0.1, 0.15) is 5.82 Å². The number of carbonyl (C=O) groups is 2. The van der Waals surface area contributed by atoms with Gasteiger partial charge in [0, 0.05) is 18.2 Å². The smallest absolute Gasteiger partial charge is 0.331 e. The van der Waals surface area contributed by atoms with Crippen molar-refractivity contribution in [2.75, 3.05) is 20.3 Å². The van der Waals surface area contributed by atoms with Crippen molar-refractivity contribution in [3.05, 3.63) is 46.1 Å². The predicted octanol–water partition coefficient (Wildman–Crippen LogP) is 2.13. The SMILES string of the molecule is COC(=O)/C=C1/S/C(=N\N=Cc2ccc(F)cc2COCC2CCCO2)NC1=O. The Morgan fingerprint density at radius 2 is 2.34 bits per heavy atom. The van der Waals surface area contributed by atoms with Crippen molar-refractivity contribution >= 4 is 35.0 Å². The lowest BCUT2D eigenvalue weighted by atomic mass is 10.1. The monoisotopic (exact) mass is 421 g/mol. The highest BCUT2D eigenvalue weighted by Gasteiger charge is 2.25. The first kappa shape index (κ1) is 21.2. The molecule has 1 aromatic rings. The molecule has 0 aromatic heterocycles. The minimum Gasteiger partial charge on any atom is -0.466 e. The fourth-order valence-electron chi connectivity index (χ4n) is 2.69. The lowest BCUT2D eigenvalue weighted by Crippen LogP contribution is -2.19. The normalized spacial score (nSPS) is 22.0. The number of esters is 1. The minimum atomic E-state index is -0.633. The highest BCUT2D eigenvalue weighted by Crippen LogP contribution is 2.23. The molecular formula is C19H20FN3O5S. The minimum absolute atomic E-state index is 0.0855. The number of carbonyl (C=O) groups excluding carboxylic acids is 2. The van der Waals surface area contributed by atoms with E-state index < -0.39 is 11.9 Å². The number of amidine groups is 1. The van der Waals surface area contributed by atoms with Crippen LogP contribution in [-0.2, 0) is 30.4 Å². The Morgan fingerprint density at radius 3 is 3.10 bits per heavy atom. The van der Waals surface area contributed by atoms with Crippen LogP contribution in [0.4, 0.5) is 4.39 Å². The van der Waals surface area contributed by atoms with Gasteiger partial charge < -0.3 is 14.2 Å². The molecule has 0 spiro atoms. The van der Waals surface area contributed by atoms with Gasteiger partial charge in [-0.15, -0.1) is 5.10 Å². The average Bonchev–Trinajstić information content (AvgIpc) is 3.33. The molecule has 0 saturated carbocycles. The van der Waals surface area contributed by atoms with Crippen LogP contribution in [0.5, 0.6) is 0 Å². The molecule has 1 unspecified atom stereocenters. The maximum Gasteiger partial charge on any atom is 0.331 e. The van der Waals surface area contributed by atoms with E-state index >= 15 is 0 Å². The average molecular weight is 421 g/mol. The number of amides is 1. The summed E-state index contributed by atoms with van der Waals surface area (Å²) in [5, 5.41) is 10.6. The maximum atomic E-state index is 13.6. The number of thioether (sulfide) groups is 1. The maximum absolute atomic E-state index is 13.6. The largest absolute Gasteiger partial charge is 0.466 e. The van der Waals surface area contributed by atoms with E-state index in [0.29, 0.717) is 17.7 Å². The Balaban J connectivity index is 1.62. The first-order valence-corrected chi connectivity index (χ1v) is 9.74. The van der Waals surface area contributed by atoms with E-state index in [1.54, 1.807) is 6.07 Å². The highest BCUT2D eigenvalue weighted by atomic mass is 32.2. The van der Waals surface area contributed by atoms with Gasteiger partial charge in [0.25, 0.3) is 5.91 Å². The van der Waals surface area contributed by atoms with E-state index in [1.807, 2.05) is 0 Å². The molecule has 3 rings (SSSR count). The van der Waals surface area contributed by atoms with Crippen molar-refractivity contribution in [3.8, 4) is 0 Å². The van der Waals surface area contributed by atoms with Gasteiger partial charge in [-0.05, 0) is 42.3 Å². The van der Waals surface area contributed by atoms with E-state index in [4.69, 9.17) is 9.47 Å². The predicted molar refractivity (Wildman–Crippen MR) is 106 cm³/mol. The van der Waals surface area contributed by atoms with Gasteiger partial charge in [0.2, 0.25) is 0 Å². The Hall–Kier alpha value is -2.56. The van der Waals surface area contributed by atoms with Gasteiger partial charge >= 0.3 is 5.97 Å². The third-order valence-corrected chi connectivity index (χ3v) is 5.04.